The fraction of sp³-hybridized carbons (Fsp3) is 0.400. The zero-order valence-corrected chi connectivity index (χ0v) is 12.4. The van der Waals surface area contributed by atoms with Crippen molar-refractivity contribution in [1.82, 2.24) is 20.5 Å². The van der Waals surface area contributed by atoms with Crippen molar-refractivity contribution in [2.75, 3.05) is 23.3 Å². The van der Waals surface area contributed by atoms with E-state index in [0.717, 1.165) is 24.6 Å². The number of nitrogens with zero attached hydrogens (tertiary/aromatic N) is 3. The number of aromatic nitrogens is 3. The number of amides is 2. The smallest absolute Gasteiger partial charge is 0.319 e. The topological polar surface area (TPSA) is 85.9 Å². The number of hydrogen-bond acceptors (Lipinski definition) is 4. The molecule has 0 bridgehead atoms. The van der Waals surface area contributed by atoms with Crippen molar-refractivity contribution in [3.8, 4) is 0 Å². The summed E-state index contributed by atoms with van der Waals surface area (Å²) in [6.07, 6.45) is 7.08. The number of pyridine rings is 1. The Morgan fingerprint density at radius 1 is 1.23 bits per heavy atom. The molecule has 0 unspecified atom stereocenters. The van der Waals surface area contributed by atoms with Gasteiger partial charge in [-0.15, -0.1) is 0 Å². The van der Waals surface area contributed by atoms with Crippen LogP contribution in [-0.2, 0) is 6.54 Å². The second kappa shape index (κ2) is 6.93. The summed E-state index contributed by atoms with van der Waals surface area (Å²) < 4.78 is 0. The first-order valence-corrected chi connectivity index (χ1v) is 7.55. The lowest BCUT2D eigenvalue weighted by atomic mass is 10.1. The molecule has 7 heteroatoms. The number of aromatic amines is 1. The number of piperidine rings is 1. The maximum atomic E-state index is 11.8. The highest BCUT2D eigenvalue weighted by molar-refractivity contribution is 5.89. The molecule has 1 saturated heterocycles. The summed E-state index contributed by atoms with van der Waals surface area (Å²) in [4.78, 5) is 18.5. The van der Waals surface area contributed by atoms with Gasteiger partial charge in [0, 0.05) is 19.3 Å². The van der Waals surface area contributed by atoms with Crippen molar-refractivity contribution in [2.24, 2.45) is 0 Å². The lowest BCUT2D eigenvalue weighted by Crippen LogP contribution is -2.30. The number of hydrogen-bond donors (Lipinski definition) is 3. The summed E-state index contributed by atoms with van der Waals surface area (Å²) in [5.41, 5.74) is 1.54. The maximum absolute atomic E-state index is 11.8. The molecule has 0 radical (unpaired) electrons. The molecule has 0 aromatic carbocycles. The molecule has 2 aromatic heterocycles. The van der Waals surface area contributed by atoms with Gasteiger partial charge in [0.15, 0.2) is 0 Å². The van der Waals surface area contributed by atoms with Gasteiger partial charge in [-0.05, 0) is 37.5 Å². The monoisotopic (exact) mass is 300 g/mol. The highest BCUT2D eigenvalue weighted by Gasteiger charge is 2.12. The van der Waals surface area contributed by atoms with E-state index < -0.39 is 0 Å². The molecule has 7 nitrogen and oxygen atoms in total. The molecule has 0 saturated carbocycles. The van der Waals surface area contributed by atoms with Crippen LogP contribution >= 0.6 is 0 Å². The first-order valence-electron chi connectivity index (χ1n) is 7.55. The molecular weight excluding hydrogens is 280 g/mol. The first kappa shape index (κ1) is 14.4. The van der Waals surface area contributed by atoms with Crippen molar-refractivity contribution < 1.29 is 4.79 Å². The highest BCUT2D eigenvalue weighted by Crippen LogP contribution is 2.18. The number of carbonyl (C=O) groups excluding carboxylic acids is 1. The fourth-order valence-electron chi connectivity index (χ4n) is 2.50. The Labute approximate surface area is 129 Å². The Morgan fingerprint density at radius 2 is 2.09 bits per heavy atom. The van der Waals surface area contributed by atoms with Crippen molar-refractivity contribution in [2.45, 2.75) is 25.8 Å². The standard InChI is InChI=1S/C15H20N6O/c22-15(17-11-13-6-7-18-20-13)19-12-4-5-14(16-10-12)21-8-2-1-3-9-21/h4-7,10H,1-3,8-9,11H2,(H,18,20)(H2,17,19,22). The zero-order valence-electron chi connectivity index (χ0n) is 12.4. The van der Waals surface area contributed by atoms with Crippen LogP contribution in [0.5, 0.6) is 0 Å². The van der Waals surface area contributed by atoms with Crippen molar-refractivity contribution in [1.29, 1.82) is 0 Å². The van der Waals surface area contributed by atoms with E-state index >= 15 is 0 Å². The summed E-state index contributed by atoms with van der Waals surface area (Å²) in [6.45, 7) is 2.53. The molecular formula is C15H20N6O. The van der Waals surface area contributed by atoms with Gasteiger partial charge in [0.1, 0.15) is 5.82 Å². The van der Waals surface area contributed by atoms with E-state index in [4.69, 9.17) is 0 Å². The van der Waals surface area contributed by atoms with E-state index in [9.17, 15) is 4.79 Å². The van der Waals surface area contributed by atoms with Crippen LogP contribution < -0.4 is 15.5 Å². The molecule has 116 valence electrons. The van der Waals surface area contributed by atoms with Gasteiger partial charge in [0.2, 0.25) is 0 Å². The normalized spacial score (nSPS) is 14.6. The van der Waals surface area contributed by atoms with Crippen LogP contribution in [0.15, 0.2) is 30.6 Å². The predicted molar refractivity (Wildman–Crippen MR) is 84.7 cm³/mol. The van der Waals surface area contributed by atoms with Gasteiger partial charge >= 0.3 is 6.03 Å². The second-order valence-electron chi connectivity index (χ2n) is 5.34. The summed E-state index contributed by atoms with van der Waals surface area (Å²) in [5, 5.41) is 12.1. The van der Waals surface area contributed by atoms with Gasteiger partial charge in [-0.2, -0.15) is 5.10 Å². The summed E-state index contributed by atoms with van der Waals surface area (Å²) in [7, 11) is 0. The van der Waals surface area contributed by atoms with Crippen molar-refractivity contribution in [3.63, 3.8) is 0 Å². The van der Waals surface area contributed by atoms with Crippen LogP contribution in [0.4, 0.5) is 16.3 Å². The summed E-state index contributed by atoms with van der Waals surface area (Å²) in [5.74, 6) is 0.975. The number of carbonyl (C=O) groups is 1. The van der Waals surface area contributed by atoms with E-state index in [0.29, 0.717) is 12.2 Å². The third kappa shape index (κ3) is 3.75. The molecule has 0 aliphatic carbocycles. The van der Waals surface area contributed by atoms with Crippen LogP contribution in [0.3, 0.4) is 0 Å². The van der Waals surface area contributed by atoms with E-state index in [-0.39, 0.29) is 6.03 Å². The Morgan fingerprint density at radius 3 is 2.77 bits per heavy atom. The molecule has 2 aromatic rings. The van der Waals surface area contributed by atoms with Crippen molar-refractivity contribution in [3.05, 3.63) is 36.3 Å². The molecule has 22 heavy (non-hydrogen) atoms. The number of H-pyrrole nitrogens is 1. The van der Waals surface area contributed by atoms with Crippen LogP contribution in [-0.4, -0.2) is 34.3 Å². The minimum absolute atomic E-state index is 0.262. The van der Waals surface area contributed by atoms with Crippen LogP contribution in [0, 0.1) is 0 Å². The Kier molecular flexibility index (Phi) is 4.53. The molecule has 1 fully saturated rings. The van der Waals surface area contributed by atoms with Gasteiger partial charge in [0.05, 0.1) is 24.1 Å². The Bertz CT molecular complexity index is 589. The second-order valence-corrected chi connectivity index (χ2v) is 5.34. The van der Waals surface area contributed by atoms with Gasteiger partial charge in [0.25, 0.3) is 0 Å². The molecule has 1 aliphatic heterocycles. The first-order chi connectivity index (χ1) is 10.8. The third-order valence-corrected chi connectivity index (χ3v) is 3.68. The van der Waals surface area contributed by atoms with E-state index in [1.54, 1.807) is 12.4 Å². The number of anilines is 2. The van der Waals surface area contributed by atoms with Gasteiger partial charge in [-0.25, -0.2) is 9.78 Å². The van der Waals surface area contributed by atoms with E-state index in [1.165, 1.54) is 19.3 Å². The maximum Gasteiger partial charge on any atom is 0.319 e. The van der Waals surface area contributed by atoms with Crippen molar-refractivity contribution >= 4 is 17.5 Å². The minimum Gasteiger partial charge on any atom is -0.357 e. The third-order valence-electron chi connectivity index (χ3n) is 3.68. The van der Waals surface area contributed by atoms with Gasteiger partial charge in [-0.3, -0.25) is 5.10 Å². The SMILES string of the molecule is O=C(NCc1ccn[nH]1)Nc1ccc(N2CCCCC2)nc1. The summed E-state index contributed by atoms with van der Waals surface area (Å²) in [6, 6.07) is 5.39. The molecule has 3 rings (SSSR count). The summed E-state index contributed by atoms with van der Waals surface area (Å²) >= 11 is 0. The fourth-order valence-corrected chi connectivity index (χ4v) is 2.50. The molecule has 0 spiro atoms. The van der Waals surface area contributed by atoms with Crippen LogP contribution in [0.2, 0.25) is 0 Å². The zero-order chi connectivity index (χ0) is 15.2. The van der Waals surface area contributed by atoms with E-state index in [2.05, 4.69) is 30.7 Å². The van der Waals surface area contributed by atoms with Gasteiger partial charge < -0.3 is 15.5 Å². The minimum atomic E-state index is -0.262. The molecule has 0 atom stereocenters. The lowest BCUT2D eigenvalue weighted by molar-refractivity contribution is 0.251. The largest absolute Gasteiger partial charge is 0.357 e. The molecule has 1 aliphatic rings. The lowest BCUT2D eigenvalue weighted by Gasteiger charge is -2.27. The Balaban J connectivity index is 1.50. The molecule has 3 heterocycles. The molecule has 2 amide bonds. The number of rotatable bonds is 4. The van der Waals surface area contributed by atoms with Crippen LogP contribution in [0.25, 0.3) is 0 Å². The number of nitrogens with one attached hydrogen (secondary N) is 3. The number of urea groups is 1. The Hall–Kier alpha value is -2.57. The highest BCUT2D eigenvalue weighted by atomic mass is 16.2. The predicted octanol–water partition coefficient (Wildman–Crippen LogP) is 2.12. The molecule has 3 N–H and O–H groups in total. The average Bonchev–Trinajstić information content (AvgIpc) is 3.08. The quantitative estimate of drug-likeness (QED) is 0.807. The van der Waals surface area contributed by atoms with Crippen LogP contribution in [0.1, 0.15) is 25.0 Å². The average molecular weight is 300 g/mol. The van der Waals surface area contributed by atoms with E-state index in [1.807, 2.05) is 18.2 Å². The van der Waals surface area contributed by atoms with Gasteiger partial charge in [-0.1, -0.05) is 0 Å².